The number of anilines is 2. The third-order valence-corrected chi connectivity index (χ3v) is 8.91. The van der Waals surface area contributed by atoms with E-state index in [-0.39, 0.29) is 62.4 Å². The Hall–Kier alpha value is -7.70. The average molecular weight is 810 g/mol. The Balaban J connectivity index is 1.18. The number of hydrogen-bond donors (Lipinski definition) is 2. The normalized spacial score (nSPS) is 11.9. The van der Waals surface area contributed by atoms with Crippen LogP contribution in [0.1, 0.15) is 37.7 Å². The maximum atomic E-state index is 13.9. The van der Waals surface area contributed by atoms with Crippen molar-refractivity contribution in [1.29, 1.82) is 0 Å². The van der Waals surface area contributed by atoms with Crippen molar-refractivity contribution in [3.63, 3.8) is 0 Å². The van der Waals surface area contributed by atoms with Gasteiger partial charge in [0, 0.05) is 30.3 Å². The number of aromatic nitrogens is 8. The Morgan fingerprint density at radius 1 is 0.763 bits per heavy atom. The zero-order chi connectivity index (χ0) is 41.6. The number of carbonyl (C=O) groups excluding carboxylic acids is 2. The molecule has 0 radical (unpaired) electrons. The molecule has 0 aliphatic heterocycles. The number of halogens is 6. The molecule has 6 heterocycles. The molecule has 2 N–H and O–H groups in total. The molecule has 296 valence electrons. The molecule has 0 atom stereocenters. The molecule has 59 heavy (non-hydrogen) atoms. The van der Waals surface area contributed by atoms with Gasteiger partial charge in [0.25, 0.3) is 11.8 Å². The van der Waals surface area contributed by atoms with Gasteiger partial charge in [-0.05, 0) is 59.9 Å². The summed E-state index contributed by atoms with van der Waals surface area (Å²) in [4.78, 5) is 45.2. The van der Waals surface area contributed by atoms with Crippen LogP contribution in [0.4, 0.5) is 37.8 Å². The first-order valence-corrected chi connectivity index (χ1v) is 17.5. The Morgan fingerprint density at radius 3 is 2.25 bits per heavy atom. The fourth-order valence-corrected chi connectivity index (χ4v) is 6.41. The number of benzene rings is 2. The van der Waals surface area contributed by atoms with Gasteiger partial charge >= 0.3 is 18.4 Å². The van der Waals surface area contributed by atoms with E-state index in [1.807, 2.05) is 0 Å². The summed E-state index contributed by atoms with van der Waals surface area (Å²) in [6, 6.07) is 21.2. The predicted octanol–water partition coefficient (Wildman–Crippen LogP) is 7.82. The third kappa shape index (κ3) is 7.72. The Kier molecular flexibility index (Phi) is 9.49. The van der Waals surface area contributed by atoms with Crippen molar-refractivity contribution in [3.05, 3.63) is 144 Å². The minimum Gasteiger partial charge on any atom is -0.405 e. The molecule has 0 fully saturated rings. The fourth-order valence-electron chi connectivity index (χ4n) is 6.41. The van der Waals surface area contributed by atoms with E-state index in [1.54, 1.807) is 38.1 Å². The van der Waals surface area contributed by atoms with E-state index in [1.165, 1.54) is 93.1 Å². The molecular weight excluding hydrogens is 782 g/mol. The van der Waals surface area contributed by atoms with Crippen molar-refractivity contribution in [3.8, 4) is 34.1 Å². The van der Waals surface area contributed by atoms with Crippen molar-refractivity contribution in [2.75, 3.05) is 10.6 Å². The zero-order valence-electron chi connectivity index (χ0n) is 30.5. The van der Waals surface area contributed by atoms with Gasteiger partial charge in [0.1, 0.15) is 23.3 Å². The molecule has 0 spiro atoms. The van der Waals surface area contributed by atoms with Crippen molar-refractivity contribution in [2.45, 2.75) is 26.4 Å². The maximum Gasteiger partial charge on any atom is 0.573 e. The van der Waals surface area contributed by atoms with Crippen molar-refractivity contribution in [2.24, 2.45) is 0 Å². The fraction of sp³-hybridized carbons (Fsp3) is 0.100. The van der Waals surface area contributed by atoms with Crippen molar-refractivity contribution < 1.29 is 45.4 Å². The minimum absolute atomic E-state index is 0.00333. The van der Waals surface area contributed by atoms with Crippen LogP contribution in [0.2, 0.25) is 0 Å². The van der Waals surface area contributed by atoms with Crippen LogP contribution in [-0.4, -0.2) is 52.2 Å². The van der Waals surface area contributed by atoms with Crippen LogP contribution in [0.5, 0.6) is 5.75 Å². The highest BCUT2D eigenvalue weighted by Crippen LogP contribution is 2.37. The van der Waals surface area contributed by atoms with Gasteiger partial charge in [-0.1, -0.05) is 36.4 Å². The number of rotatable bonds is 8. The molecule has 0 unspecified atom stereocenters. The van der Waals surface area contributed by atoms with Crippen LogP contribution in [0.25, 0.3) is 39.6 Å². The second-order valence-corrected chi connectivity index (χ2v) is 13.0. The largest absolute Gasteiger partial charge is 0.573 e. The molecule has 2 aromatic carbocycles. The lowest BCUT2D eigenvalue weighted by Gasteiger charge is -2.13. The quantitative estimate of drug-likeness (QED) is 0.117. The number of imidazole rings is 1. The van der Waals surface area contributed by atoms with E-state index < -0.39 is 35.7 Å². The first-order chi connectivity index (χ1) is 28.1. The smallest absolute Gasteiger partial charge is 0.405 e. The van der Waals surface area contributed by atoms with Gasteiger partial charge < -0.3 is 15.4 Å². The zero-order valence-corrected chi connectivity index (χ0v) is 30.5. The van der Waals surface area contributed by atoms with Crippen LogP contribution >= 0.6 is 0 Å². The van der Waals surface area contributed by atoms with Gasteiger partial charge in [0.2, 0.25) is 0 Å². The molecular formula is C40H27F6N10O3+. The van der Waals surface area contributed by atoms with Crippen LogP contribution < -0.4 is 20.1 Å². The first kappa shape index (κ1) is 38.2. The van der Waals surface area contributed by atoms with Crippen LogP contribution in [0.3, 0.4) is 0 Å². The summed E-state index contributed by atoms with van der Waals surface area (Å²) >= 11 is 0. The molecule has 8 aromatic rings. The van der Waals surface area contributed by atoms with E-state index >= 15 is 0 Å². The molecule has 6 aromatic heterocycles. The second kappa shape index (κ2) is 14.7. The number of ether oxygens (including phenoxy) is 1. The van der Waals surface area contributed by atoms with Crippen LogP contribution in [-0.2, 0) is 6.18 Å². The number of alkyl halides is 6. The van der Waals surface area contributed by atoms with Crippen molar-refractivity contribution >= 4 is 34.6 Å². The molecule has 0 aliphatic carbocycles. The molecule has 13 nitrogen and oxygen atoms in total. The number of hydrogen-bond acceptors (Lipinski definition) is 8. The van der Waals surface area contributed by atoms with Crippen molar-refractivity contribution in [1.82, 2.24) is 34.1 Å². The first-order valence-electron chi connectivity index (χ1n) is 17.5. The van der Waals surface area contributed by atoms with Gasteiger partial charge in [0.15, 0.2) is 22.7 Å². The van der Waals surface area contributed by atoms with Gasteiger partial charge in [0.05, 0.1) is 41.1 Å². The Bertz CT molecular complexity index is 2930. The van der Waals surface area contributed by atoms with Gasteiger partial charge in [-0.3, -0.25) is 9.59 Å². The topological polar surface area (TPSA) is 145 Å². The third-order valence-electron chi connectivity index (χ3n) is 8.91. The number of nitrogens with one attached hydrogen (secondary N) is 2. The van der Waals surface area contributed by atoms with Gasteiger partial charge in [-0.15, -0.1) is 17.9 Å². The molecule has 0 bridgehead atoms. The van der Waals surface area contributed by atoms with E-state index in [4.69, 9.17) is 0 Å². The standard InChI is InChI=1S/C40H26F6N10O3/c1-22-17-30(25-9-3-5-11-28(25)39(41,42)43)53-56-31(20-48-35(22)56)38(58)50-24-18-23(2)49-34(19-24)55-21-27(37(57)52-33-13-7-8-15-47-33)36-51-29(14-16-54(36)55)26-10-4-6-12-32(26)59-40(44,45)46/h3-21H,1-2H3,(H-,47,49,50,52,57,58)/p+1. The van der Waals surface area contributed by atoms with E-state index in [9.17, 15) is 35.9 Å². The lowest BCUT2D eigenvalue weighted by Crippen LogP contribution is -2.37. The summed E-state index contributed by atoms with van der Waals surface area (Å²) in [6.45, 7) is 3.29. The SMILES string of the molecule is Cc1cc(NC(=O)c2cnc3c(C)cc(-c4ccccc4C(F)(F)F)nn23)cc(-[n+]2cc(C(=O)Nc3ccccn3)c3nc(-c4ccccc4OC(F)(F)F)ccn32)n1. The highest BCUT2D eigenvalue weighted by Gasteiger charge is 2.35. The highest BCUT2D eigenvalue weighted by atomic mass is 19.4. The summed E-state index contributed by atoms with van der Waals surface area (Å²) in [5.41, 5.74) is 0.259. The van der Waals surface area contributed by atoms with Gasteiger partial charge in [-0.2, -0.15) is 22.8 Å². The molecule has 2 amide bonds. The number of fused-ring (bicyclic) bond motifs is 2. The molecule has 0 aliphatic rings. The van der Waals surface area contributed by atoms with E-state index in [0.717, 1.165) is 12.1 Å². The van der Waals surface area contributed by atoms with E-state index in [0.29, 0.717) is 11.3 Å². The summed E-state index contributed by atoms with van der Waals surface area (Å²) in [5.74, 6) is -1.46. The number of amides is 2. The van der Waals surface area contributed by atoms with Gasteiger partial charge in [-0.25, -0.2) is 19.5 Å². The molecule has 0 saturated heterocycles. The molecule has 0 saturated carbocycles. The highest BCUT2D eigenvalue weighted by molar-refractivity contribution is 6.07. The summed E-state index contributed by atoms with van der Waals surface area (Å²) < 4.78 is 90.0. The second-order valence-electron chi connectivity index (χ2n) is 13.0. The monoisotopic (exact) mass is 809 g/mol. The lowest BCUT2D eigenvalue weighted by atomic mass is 10.0. The Morgan fingerprint density at radius 2 is 1.51 bits per heavy atom. The van der Waals surface area contributed by atoms with Crippen LogP contribution in [0, 0.1) is 13.8 Å². The predicted molar refractivity (Wildman–Crippen MR) is 200 cm³/mol. The number of aryl methyl sites for hydroxylation is 2. The number of nitrogens with zero attached hydrogens (tertiary/aromatic N) is 8. The number of carbonyl (C=O) groups is 2. The van der Waals surface area contributed by atoms with Crippen LogP contribution in [0.15, 0.2) is 116 Å². The number of para-hydroxylation sites is 1. The number of pyridine rings is 2. The summed E-state index contributed by atoms with van der Waals surface area (Å²) in [7, 11) is 0. The van der Waals surface area contributed by atoms with E-state index in [2.05, 4.69) is 40.4 Å². The summed E-state index contributed by atoms with van der Waals surface area (Å²) in [6.07, 6.45) is -4.03. The Labute approximate surface area is 328 Å². The molecule has 19 heteroatoms. The average Bonchev–Trinajstić information content (AvgIpc) is 3.80. The minimum atomic E-state index is -4.98. The molecule has 8 rings (SSSR count). The lowest BCUT2D eigenvalue weighted by molar-refractivity contribution is -0.670. The summed E-state index contributed by atoms with van der Waals surface area (Å²) in [5, 5.41) is 9.84. The maximum absolute atomic E-state index is 13.9.